The summed E-state index contributed by atoms with van der Waals surface area (Å²) in [6.07, 6.45) is 1.59. The van der Waals surface area contributed by atoms with Gasteiger partial charge in [0.1, 0.15) is 24.2 Å². The first-order valence-corrected chi connectivity index (χ1v) is 15.6. The summed E-state index contributed by atoms with van der Waals surface area (Å²) in [5.74, 6) is -6.13. The molecule has 4 atom stereocenters. The summed E-state index contributed by atoms with van der Waals surface area (Å²) in [5, 5.41) is 31.5. The largest absolute Gasteiger partial charge is 0.481 e. The molecule has 15 nitrogen and oxygen atoms in total. The van der Waals surface area contributed by atoms with E-state index in [1.54, 1.807) is 39.5 Å². The Morgan fingerprint density at radius 3 is 1.64 bits per heavy atom. The summed E-state index contributed by atoms with van der Waals surface area (Å²) < 4.78 is 0. The summed E-state index contributed by atoms with van der Waals surface area (Å²) >= 11 is 0. The van der Waals surface area contributed by atoms with E-state index in [9.17, 15) is 43.8 Å². The Bertz CT molecular complexity index is 1060. The van der Waals surface area contributed by atoms with Crippen LogP contribution in [0, 0.1) is 11.3 Å². The lowest BCUT2D eigenvalue weighted by Crippen LogP contribution is -2.61. The van der Waals surface area contributed by atoms with E-state index in [1.807, 2.05) is 13.8 Å². The Kier molecular flexibility index (Phi) is 15.8. The van der Waals surface area contributed by atoms with Crippen molar-refractivity contribution in [2.75, 3.05) is 13.1 Å². The Morgan fingerprint density at radius 2 is 1.20 bits per heavy atom. The van der Waals surface area contributed by atoms with Crippen LogP contribution in [0.15, 0.2) is 0 Å². The van der Waals surface area contributed by atoms with Crippen LogP contribution in [-0.2, 0) is 28.8 Å². The van der Waals surface area contributed by atoms with E-state index in [2.05, 4.69) is 26.6 Å². The van der Waals surface area contributed by atoms with Crippen molar-refractivity contribution in [3.8, 4) is 0 Å². The minimum absolute atomic E-state index is 0.0594. The zero-order valence-corrected chi connectivity index (χ0v) is 27.5. The number of carbonyl (C=O) groups is 7. The number of rotatable bonds is 17. The molecule has 7 N–H and O–H groups in total. The highest BCUT2D eigenvalue weighted by Gasteiger charge is 2.38. The monoisotopic (exact) mass is 640 g/mol. The average Bonchev–Trinajstić information content (AvgIpc) is 3.47. The summed E-state index contributed by atoms with van der Waals surface area (Å²) in [5.41, 5.74) is -0.830. The number of aliphatic carboxylic acids is 2. The van der Waals surface area contributed by atoms with Gasteiger partial charge in [0.25, 0.3) is 0 Å². The first-order valence-electron chi connectivity index (χ1n) is 15.6. The third kappa shape index (κ3) is 13.7. The van der Waals surface area contributed by atoms with Crippen LogP contribution in [-0.4, -0.2) is 100 Å². The Balaban J connectivity index is 3.29. The molecule has 45 heavy (non-hydrogen) atoms. The number of nitrogens with zero attached hydrogens (tertiary/aromatic N) is 1. The van der Waals surface area contributed by atoms with Gasteiger partial charge < -0.3 is 41.7 Å². The second-order valence-corrected chi connectivity index (χ2v) is 13.0. The van der Waals surface area contributed by atoms with E-state index >= 15 is 0 Å². The lowest BCUT2D eigenvalue weighted by molar-refractivity contribution is -0.144. The topological polar surface area (TPSA) is 223 Å². The van der Waals surface area contributed by atoms with Crippen LogP contribution < -0.4 is 26.6 Å². The molecule has 6 amide bonds. The highest BCUT2D eigenvalue weighted by molar-refractivity contribution is 5.98. The number of hydrogen-bond acceptors (Lipinski definition) is 7. The molecule has 1 fully saturated rings. The third-order valence-electron chi connectivity index (χ3n) is 7.53. The van der Waals surface area contributed by atoms with Gasteiger partial charge in [0.15, 0.2) is 0 Å². The molecule has 1 aliphatic rings. The van der Waals surface area contributed by atoms with Crippen molar-refractivity contribution in [2.24, 2.45) is 11.3 Å². The fourth-order valence-corrected chi connectivity index (χ4v) is 4.88. The molecule has 0 aliphatic carbocycles. The molecule has 1 aliphatic heterocycles. The van der Waals surface area contributed by atoms with Crippen molar-refractivity contribution in [3.63, 3.8) is 0 Å². The second kappa shape index (κ2) is 18.2. The highest BCUT2D eigenvalue weighted by Crippen LogP contribution is 2.20. The van der Waals surface area contributed by atoms with Crippen molar-refractivity contribution in [1.29, 1.82) is 0 Å². The van der Waals surface area contributed by atoms with E-state index in [0.29, 0.717) is 25.9 Å². The molecule has 256 valence electrons. The first kappa shape index (κ1) is 39.1. The van der Waals surface area contributed by atoms with Crippen molar-refractivity contribution in [1.82, 2.24) is 31.5 Å². The molecule has 0 radical (unpaired) electrons. The molecule has 0 bridgehead atoms. The summed E-state index contributed by atoms with van der Waals surface area (Å²) in [7, 11) is 0. The maximum absolute atomic E-state index is 13.6. The van der Waals surface area contributed by atoms with Gasteiger partial charge in [-0.15, -0.1) is 0 Å². The normalized spacial score (nSPS) is 15.9. The molecule has 0 aromatic rings. The van der Waals surface area contributed by atoms with E-state index in [0.717, 1.165) is 12.8 Å². The van der Waals surface area contributed by atoms with Gasteiger partial charge in [-0.2, -0.15) is 0 Å². The van der Waals surface area contributed by atoms with Crippen LogP contribution in [0.25, 0.3) is 0 Å². The van der Waals surface area contributed by atoms with E-state index in [1.165, 1.54) is 0 Å². The first-order chi connectivity index (χ1) is 20.9. The van der Waals surface area contributed by atoms with Crippen molar-refractivity contribution >= 4 is 41.6 Å². The summed E-state index contributed by atoms with van der Waals surface area (Å²) in [6, 6.07) is -6.41. The summed E-state index contributed by atoms with van der Waals surface area (Å²) in [6.45, 7) is 13.4. The number of carboxylic acids is 2. The maximum Gasteiger partial charge on any atom is 0.326 e. The second-order valence-electron chi connectivity index (χ2n) is 13.0. The predicted molar refractivity (Wildman–Crippen MR) is 165 cm³/mol. The van der Waals surface area contributed by atoms with Gasteiger partial charge in [-0.3, -0.25) is 24.0 Å². The maximum atomic E-state index is 13.6. The highest BCUT2D eigenvalue weighted by atomic mass is 16.4. The fourth-order valence-electron chi connectivity index (χ4n) is 4.88. The lowest BCUT2D eigenvalue weighted by Gasteiger charge is -2.32. The number of amides is 6. The molecular weight excluding hydrogens is 588 g/mol. The molecule has 0 aromatic carbocycles. The predicted octanol–water partition coefficient (Wildman–Crippen LogP) is 0.961. The zero-order chi connectivity index (χ0) is 34.5. The number of likely N-dealkylation sites (tertiary alicyclic amines) is 1. The minimum atomic E-state index is -1.70. The number of carbonyl (C=O) groups excluding carboxylic acids is 5. The molecular formula is C30H52N6O9. The van der Waals surface area contributed by atoms with Gasteiger partial charge in [-0.1, -0.05) is 48.5 Å². The molecule has 4 unspecified atom stereocenters. The van der Waals surface area contributed by atoms with E-state index < -0.39 is 84.0 Å². The standard InChI is InChI=1S/C30H52N6O9/c1-8-18(9-2)31-29(45)35-24(30(5,6)7)27(42)33-19(15-22(37)36-12-10-11-13-36)25(40)32-20(16-23(38)39)26(41)34-21(28(43)44)14-17(3)4/h17-21,24H,8-16H2,1-7H3,(H,32,40)(H,33,42)(H,34,41)(H,38,39)(H,43,44)(H2,31,35,45). The number of carboxylic acid groups (broad SMARTS) is 2. The molecule has 0 spiro atoms. The molecule has 1 heterocycles. The van der Waals surface area contributed by atoms with Crippen LogP contribution in [0.4, 0.5) is 4.79 Å². The number of nitrogens with one attached hydrogen (secondary N) is 5. The average molecular weight is 641 g/mol. The fraction of sp³-hybridized carbons (Fsp3) is 0.767. The Morgan fingerprint density at radius 1 is 0.711 bits per heavy atom. The van der Waals surface area contributed by atoms with Crippen LogP contribution in [0.2, 0.25) is 0 Å². The third-order valence-corrected chi connectivity index (χ3v) is 7.53. The van der Waals surface area contributed by atoms with Crippen molar-refractivity contribution in [2.45, 2.75) is 124 Å². The van der Waals surface area contributed by atoms with Gasteiger partial charge in [-0.25, -0.2) is 9.59 Å². The van der Waals surface area contributed by atoms with Gasteiger partial charge in [0.05, 0.1) is 12.8 Å². The Hall–Kier alpha value is -3.91. The molecule has 0 saturated carbocycles. The minimum Gasteiger partial charge on any atom is -0.481 e. The molecule has 1 saturated heterocycles. The summed E-state index contributed by atoms with van der Waals surface area (Å²) in [4.78, 5) is 90.8. The van der Waals surface area contributed by atoms with Gasteiger partial charge in [0.2, 0.25) is 23.6 Å². The number of hydrogen-bond donors (Lipinski definition) is 7. The van der Waals surface area contributed by atoms with Crippen LogP contribution in [0.5, 0.6) is 0 Å². The molecule has 0 aromatic heterocycles. The number of urea groups is 1. The van der Waals surface area contributed by atoms with Crippen LogP contribution >= 0.6 is 0 Å². The van der Waals surface area contributed by atoms with Crippen molar-refractivity contribution in [3.05, 3.63) is 0 Å². The van der Waals surface area contributed by atoms with Gasteiger partial charge >= 0.3 is 18.0 Å². The quantitative estimate of drug-likeness (QED) is 0.120. The molecule has 15 heteroatoms. The zero-order valence-electron chi connectivity index (χ0n) is 27.5. The van der Waals surface area contributed by atoms with Gasteiger partial charge in [-0.05, 0) is 43.4 Å². The van der Waals surface area contributed by atoms with E-state index in [-0.39, 0.29) is 18.4 Å². The smallest absolute Gasteiger partial charge is 0.326 e. The lowest BCUT2D eigenvalue weighted by atomic mass is 9.86. The van der Waals surface area contributed by atoms with Crippen LogP contribution in [0.3, 0.4) is 0 Å². The van der Waals surface area contributed by atoms with E-state index in [4.69, 9.17) is 0 Å². The SMILES string of the molecule is CCC(CC)NC(=O)NC(C(=O)NC(CC(=O)N1CCCC1)C(=O)NC(CC(=O)O)C(=O)NC(CC(C)C)C(=O)O)C(C)(C)C. The molecule has 1 rings (SSSR count). The van der Waals surface area contributed by atoms with Gasteiger partial charge in [0, 0.05) is 19.1 Å². The van der Waals surface area contributed by atoms with Crippen molar-refractivity contribution < 1.29 is 43.8 Å². The Labute approximate surface area is 265 Å². The van der Waals surface area contributed by atoms with Crippen LogP contribution in [0.1, 0.15) is 93.4 Å².